The quantitative estimate of drug-likeness (QED) is 0.284. The van der Waals surface area contributed by atoms with Gasteiger partial charge in [0.15, 0.2) is 0 Å². The molecule has 4 aromatic heterocycles. The minimum Gasteiger partial charge on any atom is -0.482 e. The van der Waals surface area contributed by atoms with Gasteiger partial charge in [-0.2, -0.15) is 5.10 Å². The molecule has 6 rings (SSSR count). The van der Waals surface area contributed by atoms with Crippen LogP contribution in [-0.4, -0.2) is 59.3 Å². The van der Waals surface area contributed by atoms with Gasteiger partial charge in [0.1, 0.15) is 34.5 Å². The van der Waals surface area contributed by atoms with E-state index in [-0.39, 0.29) is 18.0 Å². The average molecular weight is 562 g/mol. The standard InChI is InChI=1S/C30H36FN7O3/c1-18-27(34-35-38(18)23-10-12-36(13-11-23)29(39)41-30(3,4)5)21-14-26(40-19(2)25-9-8-22(31)15-32-25)28-24(20-6-7-20)16-33-37(28)17-21/h8-9,14-17,19-20,23H,6-7,10-13H2,1-5H3/t19-/m1/s1. The van der Waals surface area contributed by atoms with Crippen LogP contribution in [0.1, 0.15) is 88.4 Å². The molecule has 1 atom stereocenters. The second kappa shape index (κ2) is 10.4. The van der Waals surface area contributed by atoms with E-state index in [1.54, 1.807) is 11.0 Å². The van der Waals surface area contributed by atoms with Gasteiger partial charge in [-0.3, -0.25) is 4.98 Å². The number of rotatable bonds is 6. The lowest BCUT2D eigenvalue weighted by atomic mass is 10.0. The highest BCUT2D eigenvalue weighted by Gasteiger charge is 2.31. The van der Waals surface area contributed by atoms with Crippen LogP contribution in [0.3, 0.4) is 0 Å². The van der Waals surface area contributed by atoms with Gasteiger partial charge < -0.3 is 14.4 Å². The molecule has 0 bridgehead atoms. The smallest absolute Gasteiger partial charge is 0.410 e. The SMILES string of the molecule is Cc1c(-c2cc(O[C@H](C)c3ccc(F)cn3)c3c(C4CC4)cnn3c2)nnn1C1CCN(C(=O)OC(C)(C)C)CC1. The fourth-order valence-corrected chi connectivity index (χ4v) is 5.47. The Bertz CT molecular complexity index is 1560. The summed E-state index contributed by atoms with van der Waals surface area (Å²) in [7, 11) is 0. The molecule has 0 radical (unpaired) electrons. The normalized spacial score (nSPS) is 17.2. The van der Waals surface area contributed by atoms with Gasteiger partial charge in [-0.25, -0.2) is 18.4 Å². The van der Waals surface area contributed by atoms with Crippen LogP contribution >= 0.6 is 0 Å². The van der Waals surface area contributed by atoms with Crippen LogP contribution in [0.2, 0.25) is 0 Å². The molecule has 5 heterocycles. The third kappa shape index (κ3) is 5.62. The van der Waals surface area contributed by atoms with Crippen LogP contribution < -0.4 is 4.74 Å². The lowest BCUT2D eigenvalue weighted by Gasteiger charge is -2.33. The van der Waals surface area contributed by atoms with E-state index in [2.05, 4.69) is 20.4 Å². The molecule has 0 unspecified atom stereocenters. The molecule has 1 saturated carbocycles. The van der Waals surface area contributed by atoms with Crippen molar-refractivity contribution in [1.82, 2.24) is 34.5 Å². The van der Waals surface area contributed by atoms with Gasteiger partial charge in [0.05, 0.1) is 29.8 Å². The third-order valence-electron chi connectivity index (χ3n) is 7.76. The van der Waals surface area contributed by atoms with E-state index < -0.39 is 11.7 Å². The minimum atomic E-state index is -0.518. The van der Waals surface area contributed by atoms with Crippen molar-refractivity contribution in [3.63, 3.8) is 0 Å². The number of ether oxygens (including phenoxy) is 2. The van der Waals surface area contributed by atoms with Crippen LogP contribution in [0.5, 0.6) is 5.75 Å². The predicted octanol–water partition coefficient (Wildman–Crippen LogP) is 6.02. The molecule has 11 heteroatoms. The molecule has 0 spiro atoms. The number of nitrogens with zero attached hydrogens (tertiary/aromatic N) is 7. The van der Waals surface area contributed by atoms with Crippen molar-refractivity contribution in [3.05, 3.63) is 59.6 Å². The Labute approximate surface area is 238 Å². The maximum absolute atomic E-state index is 13.5. The molecule has 1 amide bonds. The van der Waals surface area contributed by atoms with Gasteiger partial charge in [0.2, 0.25) is 0 Å². The summed E-state index contributed by atoms with van der Waals surface area (Å²) in [6, 6.07) is 5.16. The number of aromatic nitrogens is 6. The van der Waals surface area contributed by atoms with Crippen molar-refractivity contribution in [1.29, 1.82) is 0 Å². The van der Waals surface area contributed by atoms with Gasteiger partial charge in [-0.15, -0.1) is 5.10 Å². The van der Waals surface area contributed by atoms with E-state index in [0.717, 1.165) is 48.2 Å². The first-order chi connectivity index (χ1) is 19.6. The summed E-state index contributed by atoms with van der Waals surface area (Å²) < 4.78 is 29.3. The van der Waals surface area contributed by atoms with Gasteiger partial charge >= 0.3 is 6.09 Å². The fraction of sp³-hybridized carbons (Fsp3) is 0.500. The van der Waals surface area contributed by atoms with E-state index in [4.69, 9.17) is 9.47 Å². The van der Waals surface area contributed by atoms with Gasteiger partial charge in [0, 0.05) is 30.4 Å². The van der Waals surface area contributed by atoms with Crippen molar-refractivity contribution >= 4 is 11.6 Å². The third-order valence-corrected chi connectivity index (χ3v) is 7.76. The summed E-state index contributed by atoms with van der Waals surface area (Å²) in [5.41, 5.74) is 4.76. The van der Waals surface area contributed by atoms with Crippen LogP contribution in [0.15, 0.2) is 36.8 Å². The summed E-state index contributed by atoms with van der Waals surface area (Å²) in [5, 5.41) is 13.8. The Balaban J connectivity index is 1.27. The highest BCUT2D eigenvalue weighted by atomic mass is 19.1. The van der Waals surface area contributed by atoms with Crippen molar-refractivity contribution in [2.75, 3.05) is 13.1 Å². The molecule has 10 nitrogen and oxygen atoms in total. The highest BCUT2D eigenvalue weighted by Crippen LogP contribution is 2.45. The number of carbonyl (C=O) groups excluding carboxylic acids is 1. The average Bonchev–Trinajstić information content (AvgIpc) is 3.57. The topological polar surface area (TPSA) is 99.7 Å². The Morgan fingerprint density at radius 1 is 1.12 bits per heavy atom. The summed E-state index contributed by atoms with van der Waals surface area (Å²) in [6.07, 6.45) is 8.23. The first kappa shape index (κ1) is 27.2. The molecule has 0 N–H and O–H groups in total. The second-order valence-electron chi connectivity index (χ2n) is 12.1. The number of hydrogen-bond acceptors (Lipinski definition) is 7. The summed E-state index contributed by atoms with van der Waals surface area (Å²) in [5.74, 6) is 0.778. The lowest BCUT2D eigenvalue weighted by molar-refractivity contribution is 0.0183. The molecule has 41 heavy (non-hydrogen) atoms. The first-order valence-electron chi connectivity index (χ1n) is 14.3. The molecule has 0 aromatic carbocycles. The summed E-state index contributed by atoms with van der Waals surface area (Å²) in [6.45, 7) is 10.8. The number of halogens is 1. The van der Waals surface area contributed by atoms with Crippen LogP contribution in [0.4, 0.5) is 9.18 Å². The van der Waals surface area contributed by atoms with Gasteiger partial charge in [-0.05, 0) is 84.4 Å². The molecule has 1 aliphatic carbocycles. The number of carbonyl (C=O) groups is 1. The lowest BCUT2D eigenvalue weighted by Crippen LogP contribution is -2.42. The number of fused-ring (bicyclic) bond motifs is 1. The Morgan fingerprint density at radius 2 is 1.88 bits per heavy atom. The number of pyridine rings is 2. The van der Waals surface area contributed by atoms with Crippen LogP contribution in [0.25, 0.3) is 16.8 Å². The highest BCUT2D eigenvalue weighted by molar-refractivity contribution is 5.73. The van der Waals surface area contributed by atoms with Crippen molar-refractivity contribution < 1.29 is 18.7 Å². The van der Waals surface area contributed by atoms with E-state index in [9.17, 15) is 9.18 Å². The molecule has 4 aromatic rings. The number of likely N-dealkylation sites (tertiary alicyclic amines) is 1. The Morgan fingerprint density at radius 3 is 2.54 bits per heavy atom. The fourth-order valence-electron chi connectivity index (χ4n) is 5.47. The zero-order valence-corrected chi connectivity index (χ0v) is 24.2. The molecule has 2 fully saturated rings. The molecule has 2 aliphatic rings. The van der Waals surface area contributed by atoms with Crippen molar-refractivity contribution in [2.24, 2.45) is 0 Å². The van der Waals surface area contributed by atoms with E-state index in [0.29, 0.717) is 30.5 Å². The van der Waals surface area contributed by atoms with Crippen LogP contribution in [0, 0.1) is 12.7 Å². The molecule has 216 valence electrons. The largest absolute Gasteiger partial charge is 0.482 e. The minimum absolute atomic E-state index is 0.130. The zero-order chi connectivity index (χ0) is 28.9. The van der Waals surface area contributed by atoms with Crippen molar-refractivity contribution in [3.8, 4) is 17.0 Å². The molecular weight excluding hydrogens is 525 g/mol. The van der Waals surface area contributed by atoms with Crippen LogP contribution in [-0.2, 0) is 4.74 Å². The van der Waals surface area contributed by atoms with Gasteiger partial charge in [-0.1, -0.05) is 5.21 Å². The predicted molar refractivity (Wildman–Crippen MR) is 150 cm³/mol. The number of hydrogen-bond donors (Lipinski definition) is 0. The summed E-state index contributed by atoms with van der Waals surface area (Å²) in [4.78, 5) is 18.5. The van der Waals surface area contributed by atoms with Gasteiger partial charge in [0.25, 0.3) is 0 Å². The summed E-state index contributed by atoms with van der Waals surface area (Å²) >= 11 is 0. The number of amides is 1. The Kier molecular flexibility index (Phi) is 6.91. The second-order valence-corrected chi connectivity index (χ2v) is 12.1. The molecular formula is C30H36FN7O3. The van der Waals surface area contributed by atoms with E-state index in [1.807, 2.05) is 62.3 Å². The molecule has 1 aliphatic heterocycles. The molecule has 1 saturated heterocycles. The maximum atomic E-state index is 13.5. The van der Waals surface area contributed by atoms with E-state index in [1.165, 1.54) is 17.8 Å². The van der Waals surface area contributed by atoms with E-state index >= 15 is 0 Å². The Hall–Kier alpha value is -4.02. The maximum Gasteiger partial charge on any atom is 0.410 e. The number of piperidine rings is 1. The zero-order valence-electron chi connectivity index (χ0n) is 24.2. The van der Waals surface area contributed by atoms with Crippen molar-refractivity contribution in [2.45, 2.75) is 84.0 Å². The monoisotopic (exact) mass is 561 g/mol. The first-order valence-corrected chi connectivity index (χ1v) is 14.3.